The van der Waals surface area contributed by atoms with E-state index in [0.29, 0.717) is 19.0 Å². The Hall–Kier alpha value is -2.41. The average Bonchev–Trinajstić information content (AvgIpc) is 3.06. The van der Waals surface area contributed by atoms with Gasteiger partial charge in [-0.15, -0.1) is 0 Å². The second-order valence-corrected chi connectivity index (χ2v) is 7.72. The number of hydrogen-bond acceptors (Lipinski definition) is 4. The van der Waals surface area contributed by atoms with E-state index in [2.05, 4.69) is 10.2 Å². The van der Waals surface area contributed by atoms with Crippen LogP contribution >= 0.6 is 0 Å². The maximum absolute atomic E-state index is 13.2. The lowest BCUT2D eigenvalue weighted by Gasteiger charge is -2.45. The number of carbonyl (C=O) groups excluding carboxylic acids is 1. The lowest BCUT2D eigenvalue weighted by molar-refractivity contribution is -0.153. The van der Waals surface area contributed by atoms with Gasteiger partial charge in [0.2, 0.25) is 5.91 Å². The SMILES string of the molecule is COCC1(C(=O)N2CCC[C@H](c3n[nH]c(=O)n3-c3ccccc3)C2)CCC1. The van der Waals surface area contributed by atoms with Crippen LogP contribution in [0.25, 0.3) is 5.69 Å². The molecule has 7 heteroatoms. The van der Waals surface area contributed by atoms with Crippen LogP contribution in [0.2, 0.25) is 0 Å². The molecule has 2 fully saturated rings. The highest BCUT2D eigenvalue weighted by Gasteiger charge is 2.47. The number of H-pyrrole nitrogens is 1. The molecule has 1 aromatic heterocycles. The third-order valence-electron chi connectivity index (χ3n) is 5.97. The van der Waals surface area contributed by atoms with Crippen molar-refractivity contribution in [3.05, 3.63) is 46.6 Å². The molecule has 1 aromatic carbocycles. The third-order valence-corrected chi connectivity index (χ3v) is 5.97. The van der Waals surface area contributed by atoms with Crippen molar-refractivity contribution in [1.82, 2.24) is 19.7 Å². The van der Waals surface area contributed by atoms with Crippen LogP contribution in [0.15, 0.2) is 35.1 Å². The standard InChI is InChI=1S/C20H26N4O3/c1-27-14-20(10-6-11-20)18(25)23-12-5-7-15(13-23)17-21-22-19(26)24(17)16-8-3-2-4-9-16/h2-4,8-9,15H,5-7,10-14H2,1H3,(H,22,26)/t15-/m0/s1. The van der Waals surface area contributed by atoms with Crippen molar-refractivity contribution < 1.29 is 9.53 Å². The third kappa shape index (κ3) is 3.20. The van der Waals surface area contributed by atoms with Gasteiger partial charge in [0.15, 0.2) is 0 Å². The number of amides is 1. The average molecular weight is 370 g/mol. The van der Waals surface area contributed by atoms with Gasteiger partial charge in [-0.05, 0) is 37.8 Å². The number of rotatable bonds is 5. The summed E-state index contributed by atoms with van der Waals surface area (Å²) in [6.07, 6.45) is 4.71. The van der Waals surface area contributed by atoms with Gasteiger partial charge in [0.05, 0.1) is 17.7 Å². The number of nitrogens with one attached hydrogen (secondary N) is 1. The quantitative estimate of drug-likeness (QED) is 0.874. The van der Waals surface area contributed by atoms with E-state index in [1.165, 1.54) is 0 Å². The summed E-state index contributed by atoms with van der Waals surface area (Å²) in [5.74, 6) is 0.948. The number of benzene rings is 1. The molecule has 4 rings (SSSR count). The molecule has 7 nitrogen and oxygen atoms in total. The van der Waals surface area contributed by atoms with Crippen LogP contribution in [0.3, 0.4) is 0 Å². The van der Waals surface area contributed by atoms with Crippen LogP contribution in [0.5, 0.6) is 0 Å². The fraction of sp³-hybridized carbons (Fsp3) is 0.550. The fourth-order valence-corrected chi connectivity index (χ4v) is 4.42. The molecule has 2 heterocycles. The second kappa shape index (κ2) is 7.31. The molecule has 1 aliphatic heterocycles. The van der Waals surface area contributed by atoms with Gasteiger partial charge in [-0.25, -0.2) is 14.5 Å². The number of piperidine rings is 1. The topological polar surface area (TPSA) is 80.2 Å². The summed E-state index contributed by atoms with van der Waals surface area (Å²) >= 11 is 0. The number of likely N-dealkylation sites (tertiary alicyclic amines) is 1. The number of hydrogen-bond donors (Lipinski definition) is 1. The molecule has 0 radical (unpaired) electrons. The maximum Gasteiger partial charge on any atom is 0.347 e. The summed E-state index contributed by atoms with van der Waals surface area (Å²) in [7, 11) is 1.66. The number of nitrogens with zero attached hydrogens (tertiary/aromatic N) is 3. The molecule has 0 bridgehead atoms. The molecular weight excluding hydrogens is 344 g/mol. The minimum atomic E-state index is -0.346. The first-order chi connectivity index (χ1) is 13.1. The fourth-order valence-electron chi connectivity index (χ4n) is 4.42. The van der Waals surface area contributed by atoms with Crippen molar-refractivity contribution in [2.45, 2.75) is 38.0 Å². The van der Waals surface area contributed by atoms with E-state index in [1.807, 2.05) is 35.2 Å². The molecule has 1 saturated heterocycles. The van der Waals surface area contributed by atoms with Crippen LogP contribution in [0.4, 0.5) is 0 Å². The molecule has 1 aliphatic carbocycles. The molecule has 2 aromatic rings. The van der Waals surface area contributed by atoms with Gasteiger partial charge in [-0.2, -0.15) is 5.10 Å². The normalized spacial score (nSPS) is 21.7. The molecule has 1 amide bonds. The second-order valence-electron chi connectivity index (χ2n) is 7.72. The smallest absolute Gasteiger partial charge is 0.347 e. The van der Waals surface area contributed by atoms with E-state index in [1.54, 1.807) is 11.7 Å². The molecule has 0 spiro atoms. The Labute approximate surface area is 158 Å². The Bertz CT molecular complexity index is 854. The Morgan fingerprint density at radius 1 is 1.30 bits per heavy atom. The predicted molar refractivity (Wildman–Crippen MR) is 101 cm³/mol. The summed E-state index contributed by atoms with van der Waals surface area (Å²) < 4.78 is 6.97. The number of aromatic amines is 1. The van der Waals surface area contributed by atoms with E-state index >= 15 is 0 Å². The largest absolute Gasteiger partial charge is 0.384 e. The lowest BCUT2D eigenvalue weighted by Crippen LogP contribution is -2.52. The first-order valence-electron chi connectivity index (χ1n) is 9.66. The molecule has 144 valence electrons. The predicted octanol–water partition coefficient (Wildman–Crippen LogP) is 2.08. The molecule has 1 atom stereocenters. The molecule has 0 unspecified atom stereocenters. The summed E-state index contributed by atoms with van der Waals surface area (Å²) in [5, 5.41) is 6.89. The van der Waals surface area contributed by atoms with Crippen LogP contribution in [0.1, 0.15) is 43.8 Å². The number of aromatic nitrogens is 3. The maximum atomic E-state index is 13.2. The van der Waals surface area contributed by atoms with E-state index in [9.17, 15) is 9.59 Å². The Kier molecular flexibility index (Phi) is 4.86. The highest BCUT2D eigenvalue weighted by Crippen LogP contribution is 2.43. The molecule has 1 N–H and O–H groups in total. The first-order valence-corrected chi connectivity index (χ1v) is 9.66. The minimum absolute atomic E-state index is 0.0431. The van der Waals surface area contributed by atoms with Gasteiger partial charge in [0.1, 0.15) is 5.82 Å². The molecule has 2 aliphatic rings. The van der Waals surface area contributed by atoms with Crippen LogP contribution < -0.4 is 5.69 Å². The zero-order valence-electron chi connectivity index (χ0n) is 15.7. The van der Waals surface area contributed by atoms with Crippen LogP contribution in [-0.2, 0) is 9.53 Å². The molecular formula is C20H26N4O3. The molecule has 1 saturated carbocycles. The van der Waals surface area contributed by atoms with Gasteiger partial charge in [-0.1, -0.05) is 24.6 Å². The van der Waals surface area contributed by atoms with Crippen molar-refractivity contribution in [1.29, 1.82) is 0 Å². The monoisotopic (exact) mass is 370 g/mol. The van der Waals surface area contributed by atoms with Gasteiger partial charge >= 0.3 is 5.69 Å². The van der Waals surface area contributed by atoms with E-state index < -0.39 is 0 Å². The lowest BCUT2D eigenvalue weighted by atomic mass is 9.68. The first kappa shape index (κ1) is 18.0. The molecule has 27 heavy (non-hydrogen) atoms. The summed E-state index contributed by atoms with van der Waals surface area (Å²) in [6.45, 7) is 1.85. The van der Waals surface area contributed by atoms with Crippen molar-refractivity contribution in [2.75, 3.05) is 26.8 Å². The van der Waals surface area contributed by atoms with Crippen LogP contribution in [-0.4, -0.2) is 52.4 Å². The highest BCUT2D eigenvalue weighted by molar-refractivity contribution is 5.84. The summed E-state index contributed by atoms with van der Waals surface area (Å²) in [6, 6.07) is 9.52. The Morgan fingerprint density at radius 2 is 2.07 bits per heavy atom. The van der Waals surface area contributed by atoms with Crippen LogP contribution in [0, 0.1) is 5.41 Å². The van der Waals surface area contributed by atoms with E-state index in [-0.39, 0.29) is 22.9 Å². The van der Waals surface area contributed by atoms with Crippen molar-refractivity contribution >= 4 is 5.91 Å². The zero-order valence-corrected chi connectivity index (χ0v) is 15.7. The summed E-state index contributed by atoms with van der Waals surface area (Å²) in [4.78, 5) is 27.5. The Balaban J connectivity index is 1.58. The highest BCUT2D eigenvalue weighted by atomic mass is 16.5. The zero-order chi connectivity index (χ0) is 18.9. The number of ether oxygens (including phenoxy) is 1. The van der Waals surface area contributed by atoms with Gasteiger partial charge in [0.25, 0.3) is 0 Å². The minimum Gasteiger partial charge on any atom is -0.384 e. The van der Waals surface area contributed by atoms with Crippen molar-refractivity contribution in [2.24, 2.45) is 5.41 Å². The van der Waals surface area contributed by atoms with E-state index in [4.69, 9.17) is 4.74 Å². The number of methoxy groups -OCH3 is 1. The van der Waals surface area contributed by atoms with Gasteiger partial charge < -0.3 is 9.64 Å². The van der Waals surface area contributed by atoms with Gasteiger partial charge in [0, 0.05) is 26.1 Å². The van der Waals surface area contributed by atoms with Crippen molar-refractivity contribution in [3.63, 3.8) is 0 Å². The Morgan fingerprint density at radius 3 is 2.74 bits per heavy atom. The van der Waals surface area contributed by atoms with Gasteiger partial charge in [-0.3, -0.25) is 4.79 Å². The summed E-state index contributed by atoms with van der Waals surface area (Å²) in [5.41, 5.74) is 0.209. The number of para-hydroxylation sites is 1. The van der Waals surface area contributed by atoms with E-state index in [0.717, 1.165) is 44.3 Å². The number of carbonyl (C=O) groups is 1. The van der Waals surface area contributed by atoms with Crippen molar-refractivity contribution in [3.8, 4) is 5.69 Å².